The van der Waals surface area contributed by atoms with E-state index in [0.717, 1.165) is 25.5 Å². The molecular weight excluding hydrogens is 389 g/mol. The zero-order valence-electron chi connectivity index (χ0n) is 17.1. The molecule has 0 aliphatic carbocycles. The van der Waals surface area contributed by atoms with Crippen molar-refractivity contribution in [2.24, 2.45) is 5.92 Å². The molecule has 0 aliphatic rings. The highest BCUT2D eigenvalue weighted by Gasteiger charge is 2.35. The van der Waals surface area contributed by atoms with Crippen molar-refractivity contribution in [3.63, 3.8) is 0 Å². The molecule has 0 spiro atoms. The zero-order chi connectivity index (χ0) is 21.2. The lowest BCUT2D eigenvalue weighted by Crippen LogP contribution is -2.33. The third-order valence-electron chi connectivity index (χ3n) is 4.55. The molecule has 1 aromatic heterocycles. The monoisotopic (exact) mass is 420 g/mol. The first-order valence-corrected chi connectivity index (χ1v) is 10.9. The van der Waals surface area contributed by atoms with Crippen LogP contribution in [0.4, 0.5) is 19.0 Å². The van der Waals surface area contributed by atoms with E-state index in [0.29, 0.717) is 38.4 Å². The number of carbonyl (C=O) groups excluding carboxylic acids is 1. The van der Waals surface area contributed by atoms with Crippen molar-refractivity contribution < 1.29 is 18.0 Å². The van der Waals surface area contributed by atoms with Gasteiger partial charge in [0.15, 0.2) is 5.16 Å². The minimum absolute atomic E-state index is 0.116. The average molecular weight is 421 g/mol. The predicted octanol–water partition coefficient (Wildman–Crippen LogP) is 5.08. The molecule has 0 aliphatic heterocycles. The van der Waals surface area contributed by atoms with Crippen molar-refractivity contribution in [3.8, 4) is 0 Å². The quantitative estimate of drug-likeness (QED) is 0.290. The lowest BCUT2D eigenvalue weighted by molar-refractivity contribution is -0.137. The molecule has 1 amide bonds. The number of hydrogen-bond donors (Lipinski definition) is 1. The van der Waals surface area contributed by atoms with Crippen LogP contribution in [-0.4, -0.2) is 46.7 Å². The number of aromatic nitrogens is 2. The second kappa shape index (κ2) is 12.1. The predicted molar refractivity (Wildman–Crippen MR) is 107 cm³/mol. The fraction of sp³-hybridized carbons (Fsp3) is 0.737. The summed E-state index contributed by atoms with van der Waals surface area (Å²) in [6, 6.07) is 0. The van der Waals surface area contributed by atoms with Gasteiger partial charge in [0.1, 0.15) is 11.4 Å². The summed E-state index contributed by atoms with van der Waals surface area (Å²) < 4.78 is 39.4. The fourth-order valence-corrected chi connectivity index (χ4v) is 2.99. The summed E-state index contributed by atoms with van der Waals surface area (Å²) in [7, 11) is 0. The van der Waals surface area contributed by atoms with E-state index in [-0.39, 0.29) is 16.9 Å². The van der Waals surface area contributed by atoms with Gasteiger partial charge < -0.3 is 10.2 Å². The minimum atomic E-state index is -4.51. The Labute approximate surface area is 169 Å². The first kappa shape index (κ1) is 24.5. The van der Waals surface area contributed by atoms with Crippen LogP contribution in [0.2, 0.25) is 0 Å². The van der Waals surface area contributed by atoms with Crippen molar-refractivity contribution >= 4 is 23.5 Å². The molecule has 0 saturated heterocycles. The van der Waals surface area contributed by atoms with Crippen molar-refractivity contribution in [1.29, 1.82) is 0 Å². The third-order valence-corrected chi connectivity index (χ3v) is 5.11. The first-order valence-electron chi connectivity index (χ1n) is 9.72. The minimum Gasteiger partial charge on any atom is -0.369 e. The van der Waals surface area contributed by atoms with Gasteiger partial charge in [-0.3, -0.25) is 4.79 Å². The fourth-order valence-electron chi connectivity index (χ4n) is 2.65. The summed E-state index contributed by atoms with van der Waals surface area (Å²) in [5.41, 5.74) is -0.875. The van der Waals surface area contributed by atoms with Gasteiger partial charge in [-0.1, -0.05) is 39.0 Å². The number of nitrogens with zero attached hydrogens (tertiary/aromatic N) is 3. The van der Waals surface area contributed by atoms with Crippen LogP contribution in [0.1, 0.15) is 58.4 Å². The molecule has 5 nitrogen and oxygen atoms in total. The van der Waals surface area contributed by atoms with E-state index in [1.807, 2.05) is 11.8 Å². The van der Waals surface area contributed by atoms with Crippen LogP contribution in [0.3, 0.4) is 0 Å². The second-order valence-electron chi connectivity index (χ2n) is 6.83. The second-order valence-corrected chi connectivity index (χ2v) is 7.60. The number of rotatable bonds is 12. The lowest BCUT2D eigenvalue weighted by Gasteiger charge is -2.23. The maximum Gasteiger partial charge on any atom is 0.421 e. The Kier molecular flexibility index (Phi) is 10.6. The van der Waals surface area contributed by atoms with Gasteiger partial charge in [-0.2, -0.15) is 13.2 Å². The molecule has 1 heterocycles. The molecule has 1 rings (SSSR count). The van der Waals surface area contributed by atoms with Crippen molar-refractivity contribution in [2.75, 3.05) is 31.2 Å². The Balaban J connectivity index is 2.62. The van der Waals surface area contributed by atoms with Gasteiger partial charge in [0.25, 0.3) is 0 Å². The zero-order valence-corrected chi connectivity index (χ0v) is 17.9. The molecule has 1 N–H and O–H groups in total. The molecule has 0 fully saturated rings. The standard InChI is InChI=1S/C19H31F3N4OS/c1-5-11-26(16(27)9-8-14(3)6-2)12-7-10-23-17-15(19(20,21)22)13-24-18(25-17)28-4/h13-14H,5-12H2,1-4H3,(H,23,24,25). The number of halogens is 3. The van der Waals surface area contributed by atoms with E-state index in [2.05, 4.69) is 29.1 Å². The number of nitrogens with one attached hydrogen (secondary N) is 1. The summed E-state index contributed by atoms with van der Waals surface area (Å²) in [6.07, 6.45) is 1.82. The van der Waals surface area contributed by atoms with Gasteiger partial charge in [-0.25, -0.2) is 9.97 Å². The molecule has 1 aromatic rings. The Morgan fingerprint density at radius 3 is 2.61 bits per heavy atom. The van der Waals surface area contributed by atoms with Crippen molar-refractivity contribution in [1.82, 2.24) is 14.9 Å². The topological polar surface area (TPSA) is 58.1 Å². The Bertz CT molecular complexity index is 613. The van der Waals surface area contributed by atoms with Crippen LogP contribution < -0.4 is 5.32 Å². The number of amides is 1. The maximum atomic E-state index is 13.1. The van der Waals surface area contributed by atoms with E-state index in [4.69, 9.17) is 0 Å². The normalized spacial score (nSPS) is 12.7. The SMILES string of the molecule is CCCN(CCCNc1nc(SC)ncc1C(F)(F)F)C(=O)CCC(C)CC. The summed E-state index contributed by atoms with van der Waals surface area (Å²) in [5.74, 6) is 0.417. The summed E-state index contributed by atoms with van der Waals surface area (Å²) >= 11 is 1.18. The first-order chi connectivity index (χ1) is 13.2. The Morgan fingerprint density at radius 2 is 2.04 bits per heavy atom. The Hall–Kier alpha value is -1.51. The van der Waals surface area contributed by atoms with Crippen LogP contribution in [-0.2, 0) is 11.0 Å². The van der Waals surface area contributed by atoms with Crippen molar-refractivity contribution in [3.05, 3.63) is 11.8 Å². The maximum absolute atomic E-state index is 13.1. The molecule has 0 saturated carbocycles. The highest BCUT2D eigenvalue weighted by molar-refractivity contribution is 7.98. The van der Waals surface area contributed by atoms with Gasteiger partial charge in [0.05, 0.1) is 0 Å². The average Bonchev–Trinajstić information content (AvgIpc) is 2.67. The summed E-state index contributed by atoms with van der Waals surface area (Å²) in [5, 5.41) is 3.05. The van der Waals surface area contributed by atoms with Crippen LogP contribution in [0, 0.1) is 5.92 Å². The number of alkyl halides is 3. The molecule has 9 heteroatoms. The van der Waals surface area contributed by atoms with E-state index in [1.165, 1.54) is 11.8 Å². The number of anilines is 1. The molecule has 28 heavy (non-hydrogen) atoms. The van der Waals surface area contributed by atoms with Crippen LogP contribution in [0.5, 0.6) is 0 Å². The Morgan fingerprint density at radius 1 is 1.32 bits per heavy atom. The molecular formula is C19H31F3N4OS. The van der Waals surface area contributed by atoms with E-state index >= 15 is 0 Å². The number of carbonyl (C=O) groups is 1. The van der Waals surface area contributed by atoms with Gasteiger partial charge in [-0.05, 0) is 31.4 Å². The summed E-state index contributed by atoms with van der Waals surface area (Å²) in [4.78, 5) is 21.9. The van der Waals surface area contributed by atoms with Gasteiger partial charge in [0, 0.05) is 32.3 Å². The molecule has 160 valence electrons. The van der Waals surface area contributed by atoms with Gasteiger partial charge in [-0.15, -0.1) is 0 Å². The molecule has 1 atom stereocenters. The molecule has 0 aromatic carbocycles. The number of hydrogen-bond acceptors (Lipinski definition) is 5. The molecule has 0 radical (unpaired) electrons. The van der Waals surface area contributed by atoms with E-state index < -0.39 is 11.7 Å². The molecule has 0 bridgehead atoms. The van der Waals surface area contributed by atoms with E-state index in [9.17, 15) is 18.0 Å². The van der Waals surface area contributed by atoms with E-state index in [1.54, 1.807) is 6.26 Å². The summed E-state index contributed by atoms with van der Waals surface area (Å²) in [6.45, 7) is 7.72. The molecule has 1 unspecified atom stereocenters. The number of thioether (sulfide) groups is 1. The van der Waals surface area contributed by atoms with Gasteiger partial charge >= 0.3 is 6.18 Å². The van der Waals surface area contributed by atoms with Crippen LogP contribution in [0.15, 0.2) is 11.4 Å². The third kappa shape index (κ3) is 8.24. The highest BCUT2D eigenvalue weighted by Crippen LogP contribution is 2.34. The van der Waals surface area contributed by atoms with Crippen molar-refractivity contribution in [2.45, 2.75) is 64.2 Å². The van der Waals surface area contributed by atoms with Crippen LogP contribution >= 0.6 is 11.8 Å². The lowest BCUT2D eigenvalue weighted by atomic mass is 10.0. The largest absolute Gasteiger partial charge is 0.421 e. The highest BCUT2D eigenvalue weighted by atomic mass is 32.2. The van der Waals surface area contributed by atoms with Crippen LogP contribution in [0.25, 0.3) is 0 Å². The smallest absolute Gasteiger partial charge is 0.369 e. The van der Waals surface area contributed by atoms with Gasteiger partial charge in [0.2, 0.25) is 5.91 Å².